The van der Waals surface area contributed by atoms with Crippen molar-refractivity contribution in [2.24, 2.45) is 0 Å². The first-order chi connectivity index (χ1) is 9.76. The third-order valence-electron chi connectivity index (χ3n) is 2.17. The Hall–Kier alpha value is -1.06. The van der Waals surface area contributed by atoms with Crippen molar-refractivity contribution in [1.82, 2.24) is 9.97 Å². The highest BCUT2D eigenvalue weighted by atomic mass is 79.9. The van der Waals surface area contributed by atoms with Crippen molar-refractivity contribution >= 4 is 55.0 Å². The number of ether oxygens (including phenoxy) is 1. The number of hydrogen-bond donors (Lipinski definition) is 1. The number of halogens is 6. The molecule has 1 heterocycles. The lowest BCUT2D eigenvalue weighted by atomic mass is 10.3. The fourth-order valence-corrected chi connectivity index (χ4v) is 2.26. The zero-order chi connectivity index (χ0) is 15.6. The summed E-state index contributed by atoms with van der Waals surface area (Å²) in [7, 11) is 0. The average molecular weight is 447 g/mol. The van der Waals surface area contributed by atoms with Crippen LogP contribution < -0.4 is 10.1 Å². The third-order valence-corrected chi connectivity index (χ3v) is 4.05. The van der Waals surface area contributed by atoms with Crippen LogP contribution in [-0.2, 0) is 0 Å². The predicted molar refractivity (Wildman–Crippen MR) is 78.8 cm³/mol. The van der Waals surface area contributed by atoms with E-state index in [0.29, 0.717) is 16.0 Å². The van der Waals surface area contributed by atoms with E-state index in [1.165, 1.54) is 24.5 Å². The Balaban J connectivity index is 2.23. The fourth-order valence-electron chi connectivity index (χ4n) is 1.36. The van der Waals surface area contributed by atoms with Gasteiger partial charge in [0.15, 0.2) is 0 Å². The Morgan fingerprint density at radius 2 is 1.90 bits per heavy atom. The molecule has 0 aliphatic rings. The number of alkyl halides is 3. The zero-order valence-electron chi connectivity index (χ0n) is 9.88. The normalized spacial score (nSPS) is 11.3. The van der Waals surface area contributed by atoms with E-state index in [4.69, 9.17) is 11.6 Å². The maximum Gasteiger partial charge on any atom is 0.573 e. The van der Waals surface area contributed by atoms with Gasteiger partial charge in [-0.15, -0.1) is 13.2 Å². The molecule has 0 saturated carbocycles. The minimum atomic E-state index is -4.75. The van der Waals surface area contributed by atoms with E-state index in [2.05, 4.69) is 51.9 Å². The van der Waals surface area contributed by atoms with Crippen LogP contribution in [0, 0.1) is 0 Å². The van der Waals surface area contributed by atoms with E-state index in [1.807, 2.05) is 0 Å². The van der Waals surface area contributed by atoms with Gasteiger partial charge in [-0.1, -0.05) is 11.6 Å². The third kappa shape index (κ3) is 4.45. The second kappa shape index (κ2) is 6.37. The second-order valence-electron chi connectivity index (χ2n) is 3.65. The molecule has 112 valence electrons. The molecule has 0 spiro atoms. The van der Waals surface area contributed by atoms with Gasteiger partial charge >= 0.3 is 6.36 Å². The summed E-state index contributed by atoms with van der Waals surface area (Å²) in [6.45, 7) is 0. The lowest BCUT2D eigenvalue weighted by molar-refractivity contribution is -0.274. The smallest absolute Gasteiger partial charge is 0.405 e. The molecule has 1 aromatic carbocycles. The minimum absolute atomic E-state index is 0.140. The number of nitrogens with zero attached hydrogens (tertiary/aromatic N) is 2. The topological polar surface area (TPSA) is 47.0 Å². The molecule has 1 N–H and O–H groups in total. The molecule has 4 nitrogen and oxygen atoms in total. The molecule has 0 fully saturated rings. The monoisotopic (exact) mass is 445 g/mol. The van der Waals surface area contributed by atoms with Gasteiger partial charge in [-0.05, 0) is 50.1 Å². The van der Waals surface area contributed by atoms with Gasteiger partial charge in [-0.2, -0.15) is 0 Å². The van der Waals surface area contributed by atoms with Crippen LogP contribution in [0.5, 0.6) is 5.75 Å². The summed E-state index contributed by atoms with van der Waals surface area (Å²) >= 11 is 12.0. The van der Waals surface area contributed by atoms with Crippen molar-refractivity contribution in [2.45, 2.75) is 6.36 Å². The summed E-state index contributed by atoms with van der Waals surface area (Å²) < 4.78 is 40.9. The van der Waals surface area contributed by atoms with E-state index in [-0.39, 0.29) is 15.4 Å². The molecular weight excluding hydrogens is 442 g/mol. The largest absolute Gasteiger partial charge is 0.573 e. The first kappa shape index (κ1) is 16.3. The van der Waals surface area contributed by atoms with E-state index >= 15 is 0 Å². The van der Waals surface area contributed by atoms with E-state index in [0.717, 1.165) is 0 Å². The Morgan fingerprint density at radius 3 is 2.52 bits per heavy atom. The first-order valence-corrected chi connectivity index (χ1v) is 7.21. The van der Waals surface area contributed by atoms with Crippen LogP contribution in [0.2, 0.25) is 5.15 Å². The van der Waals surface area contributed by atoms with Crippen LogP contribution in [0.25, 0.3) is 0 Å². The van der Waals surface area contributed by atoms with Gasteiger partial charge < -0.3 is 10.1 Å². The maximum atomic E-state index is 12.2. The van der Waals surface area contributed by atoms with Crippen molar-refractivity contribution in [1.29, 1.82) is 0 Å². The number of hydrogen-bond acceptors (Lipinski definition) is 4. The van der Waals surface area contributed by atoms with Gasteiger partial charge in [0.1, 0.15) is 23.0 Å². The molecule has 0 radical (unpaired) electrons. The molecule has 2 aromatic rings. The number of anilines is 2. The molecule has 1 aromatic heterocycles. The summed E-state index contributed by atoms with van der Waals surface area (Å²) in [5, 5.41) is 3.11. The van der Waals surface area contributed by atoms with Crippen molar-refractivity contribution < 1.29 is 17.9 Å². The van der Waals surface area contributed by atoms with Gasteiger partial charge in [-0.25, -0.2) is 9.97 Å². The molecule has 10 heteroatoms. The fraction of sp³-hybridized carbons (Fsp3) is 0.0909. The number of nitrogens with one attached hydrogen (secondary N) is 1. The lowest BCUT2D eigenvalue weighted by Gasteiger charge is -2.12. The summed E-state index contributed by atoms with van der Waals surface area (Å²) in [6.07, 6.45) is -3.49. The molecular formula is C11H5Br2ClF3N3O. The van der Waals surface area contributed by atoms with Crippen LogP contribution in [0.4, 0.5) is 24.7 Å². The lowest BCUT2D eigenvalue weighted by Crippen LogP contribution is -2.17. The van der Waals surface area contributed by atoms with Crippen molar-refractivity contribution in [3.8, 4) is 5.75 Å². The van der Waals surface area contributed by atoms with E-state index in [1.54, 1.807) is 0 Å². The Morgan fingerprint density at radius 1 is 1.19 bits per heavy atom. The van der Waals surface area contributed by atoms with Crippen LogP contribution in [-0.4, -0.2) is 16.3 Å². The van der Waals surface area contributed by atoms with Crippen LogP contribution in [0.3, 0.4) is 0 Å². The van der Waals surface area contributed by atoms with Gasteiger partial charge in [0.25, 0.3) is 0 Å². The summed E-state index contributed by atoms with van der Waals surface area (Å²) in [4.78, 5) is 7.73. The van der Waals surface area contributed by atoms with Crippen LogP contribution in [0.1, 0.15) is 0 Å². The van der Waals surface area contributed by atoms with E-state index in [9.17, 15) is 13.2 Å². The highest BCUT2D eigenvalue weighted by Gasteiger charge is 2.31. The molecule has 0 atom stereocenters. The molecule has 0 aliphatic carbocycles. The molecule has 0 bridgehead atoms. The van der Waals surface area contributed by atoms with Crippen molar-refractivity contribution in [2.75, 3.05) is 5.32 Å². The second-order valence-corrected chi connectivity index (χ2v) is 5.65. The summed E-state index contributed by atoms with van der Waals surface area (Å²) in [5.41, 5.74) is 0.492. The molecule has 0 amide bonds. The Kier molecular flexibility index (Phi) is 4.95. The first-order valence-electron chi connectivity index (χ1n) is 5.24. The number of rotatable bonds is 3. The van der Waals surface area contributed by atoms with Crippen molar-refractivity contribution in [3.63, 3.8) is 0 Å². The SMILES string of the molecule is FC(F)(F)Oc1ccc(Nc2ncnc(Cl)c2Br)cc1Br. The molecule has 2 rings (SSSR count). The Labute approximate surface area is 138 Å². The van der Waals surface area contributed by atoms with Gasteiger partial charge in [0.2, 0.25) is 0 Å². The number of benzene rings is 1. The molecule has 21 heavy (non-hydrogen) atoms. The highest BCUT2D eigenvalue weighted by Crippen LogP contribution is 2.34. The van der Waals surface area contributed by atoms with Gasteiger partial charge in [-0.3, -0.25) is 0 Å². The van der Waals surface area contributed by atoms with Crippen LogP contribution >= 0.6 is 43.5 Å². The zero-order valence-corrected chi connectivity index (χ0v) is 13.8. The molecule has 0 unspecified atom stereocenters. The quantitative estimate of drug-likeness (QED) is 0.649. The maximum absolute atomic E-state index is 12.2. The van der Waals surface area contributed by atoms with Gasteiger partial charge in [0, 0.05) is 5.69 Å². The number of aromatic nitrogens is 2. The van der Waals surface area contributed by atoms with Gasteiger partial charge in [0.05, 0.1) is 8.95 Å². The standard InChI is InChI=1S/C11H5Br2ClF3N3O/c12-6-3-5(1-2-7(6)21-11(15,16)17)20-10-8(13)9(14)18-4-19-10/h1-4H,(H,18,19,20). The minimum Gasteiger partial charge on any atom is -0.405 e. The molecule has 0 aliphatic heterocycles. The summed E-state index contributed by atoms with van der Waals surface area (Å²) in [5.74, 6) is 0.0409. The Bertz CT molecular complexity index is 670. The molecule has 0 saturated heterocycles. The summed E-state index contributed by atoms with van der Waals surface area (Å²) in [6, 6.07) is 4.01. The van der Waals surface area contributed by atoms with E-state index < -0.39 is 6.36 Å². The van der Waals surface area contributed by atoms with Crippen molar-refractivity contribution in [3.05, 3.63) is 38.6 Å². The highest BCUT2D eigenvalue weighted by molar-refractivity contribution is 9.11. The van der Waals surface area contributed by atoms with Crippen LogP contribution in [0.15, 0.2) is 33.5 Å². The average Bonchev–Trinajstić information content (AvgIpc) is 2.37. The predicted octanol–water partition coefficient (Wildman–Crippen LogP) is 5.30.